The van der Waals surface area contributed by atoms with Gasteiger partial charge in [0.25, 0.3) is 0 Å². The van der Waals surface area contributed by atoms with Crippen molar-refractivity contribution in [3.63, 3.8) is 0 Å². The molecular weight excluding hydrogens is 250 g/mol. The summed E-state index contributed by atoms with van der Waals surface area (Å²) in [5, 5.41) is 0. The van der Waals surface area contributed by atoms with Crippen molar-refractivity contribution in [1.29, 1.82) is 0 Å². The fourth-order valence-corrected chi connectivity index (χ4v) is 2.85. The minimum atomic E-state index is 0.0646. The van der Waals surface area contributed by atoms with Crippen LogP contribution in [-0.4, -0.2) is 36.9 Å². The number of likely N-dealkylation sites (tertiary alicyclic amines) is 1. The Bertz CT molecular complexity index is 470. The summed E-state index contributed by atoms with van der Waals surface area (Å²) in [6.45, 7) is 5.48. The molecule has 110 valence electrons. The van der Waals surface area contributed by atoms with Crippen molar-refractivity contribution in [2.24, 2.45) is 0 Å². The third-order valence-electron chi connectivity index (χ3n) is 4.15. The van der Waals surface area contributed by atoms with Crippen LogP contribution in [0.2, 0.25) is 0 Å². The van der Waals surface area contributed by atoms with E-state index in [1.807, 2.05) is 25.1 Å². The topological polar surface area (TPSA) is 29.5 Å². The fraction of sp³-hybridized carbons (Fsp3) is 0.588. The molecule has 1 fully saturated rings. The smallest absolute Gasteiger partial charge is 0.163 e. The molecule has 0 saturated carbocycles. The van der Waals surface area contributed by atoms with E-state index in [9.17, 15) is 4.79 Å². The van der Waals surface area contributed by atoms with Crippen LogP contribution in [0.25, 0.3) is 0 Å². The molecule has 3 nitrogen and oxygen atoms in total. The molecule has 20 heavy (non-hydrogen) atoms. The molecule has 0 bridgehead atoms. The first-order valence-corrected chi connectivity index (χ1v) is 7.52. The number of carbonyl (C=O) groups is 1. The molecule has 2 rings (SSSR count). The van der Waals surface area contributed by atoms with E-state index in [2.05, 4.69) is 11.9 Å². The van der Waals surface area contributed by atoms with Gasteiger partial charge >= 0.3 is 0 Å². The van der Waals surface area contributed by atoms with Crippen molar-refractivity contribution in [1.82, 2.24) is 4.90 Å². The molecule has 1 aromatic rings. The van der Waals surface area contributed by atoms with Gasteiger partial charge in [-0.05, 0) is 64.4 Å². The van der Waals surface area contributed by atoms with Gasteiger partial charge in [-0.25, -0.2) is 0 Å². The van der Waals surface area contributed by atoms with Crippen molar-refractivity contribution in [3.8, 4) is 5.75 Å². The molecule has 0 radical (unpaired) electrons. The number of rotatable bonds is 5. The normalized spacial score (nSPS) is 19.9. The molecule has 1 heterocycles. The Morgan fingerprint density at radius 1 is 1.40 bits per heavy atom. The standard InChI is InChI=1S/C17H25NO2/c1-13-7-8-16(14(2)19)17(12-13)20-11-9-15-6-4-5-10-18(15)3/h7-8,12,15H,4-6,9-11H2,1-3H3. The van der Waals surface area contributed by atoms with Gasteiger partial charge in [0.15, 0.2) is 5.78 Å². The van der Waals surface area contributed by atoms with E-state index in [0.29, 0.717) is 18.2 Å². The minimum absolute atomic E-state index is 0.0646. The van der Waals surface area contributed by atoms with Crippen LogP contribution in [0.1, 0.15) is 48.5 Å². The number of ketones is 1. The molecule has 1 aliphatic heterocycles. The van der Waals surface area contributed by atoms with Crippen molar-refractivity contribution in [3.05, 3.63) is 29.3 Å². The second kappa shape index (κ2) is 6.89. The third-order valence-corrected chi connectivity index (χ3v) is 4.15. The fourth-order valence-electron chi connectivity index (χ4n) is 2.85. The van der Waals surface area contributed by atoms with Gasteiger partial charge in [0, 0.05) is 6.04 Å². The summed E-state index contributed by atoms with van der Waals surface area (Å²) in [7, 11) is 2.19. The quantitative estimate of drug-likeness (QED) is 0.771. The summed E-state index contributed by atoms with van der Waals surface area (Å²) in [6, 6.07) is 6.40. The Kier molecular flexibility index (Phi) is 5.18. The van der Waals surface area contributed by atoms with Crippen LogP contribution >= 0.6 is 0 Å². The van der Waals surface area contributed by atoms with Crippen molar-refractivity contribution in [2.75, 3.05) is 20.2 Å². The molecule has 0 spiro atoms. The molecule has 1 aromatic carbocycles. The summed E-state index contributed by atoms with van der Waals surface area (Å²) in [5.74, 6) is 0.797. The SMILES string of the molecule is CC(=O)c1ccc(C)cc1OCCC1CCCCN1C. The van der Waals surface area contributed by atoms with Gasteiger partial charge < -0.3 is 9.64 Å². The number of benzene rings is 1. The van der Waals surface area contributed by atoms with Gasteiger partial charge in [0.05, 0.1) is 12.2 Å². The highest BCUT2D eigenvalue weighted by molar-refractivity contribution is 5.96. The zero-order valence-corrected chi connectivity index (χ0v) is 12.8. The van der Waals surface area contributed by atoms with E-state index in [0.717, 1.165) is 17.7 Å². The predicted octanol–water partition coefficient (Wildman–Crippen LogP) is 3.45. The Labute approximate surface area is 121 Å². The maximum absolute atomic E-state index is 11.6. The van der Waals surface area contributed by atoms with Gasteiger partial charge in [-0.3, -0.25) is 4.79 Å². The van der Waals surface area contributed by atoms with Crippen molar-refractivity contribution >= 4 is 5.78 Å². The lowest BCUT2D eigenvalue weighted by molar-refractivity contribution is 0.101. The number of carbonyl (C=O) groups excluding carboxylic acids is 1. The Morgan fingerprint density at radius 3 is 2.90 bits per heavy atom. The molecule has 0 aliphatic carbocycles. The second-order valence-corrected chi connectivity index (χ2v) is 5.82. The summed E-state index contributed by atoms with van der Waals surface area (Å²) in [5.41, 5.74) is 1.81. The molecule has 1 aliphatic rings. The van der Waals surface area contributed by atoms with Crippen LogP contribution < -0.4 is 4.74 Å². The molecule has 0 N–H and O–H groups in total. The maximum atomic E-state index is 11.6. The lowest BCUT2D eigenvalue weighted by Gasteiger charge is -2.32. The Balaban J connectivity index is 1.93. The summed E-state index contributed by atoms with van der Waals surface area (Å²) >= 11 is 0. The first-order valence-electron chi connectivity index (χ1n) is 7.52. The van der Waals surface area contributed by atoms with Crippen LogP contribution in [0.5, 0.6) is 5.75 Å². The minimum Gasteiger partial charge on any atom is -0.493 e. The van der Waals surface area contributed by atoms with Crippen molar-refractivity contribution < 1.29 is 9.53 Å². The largest absolute Gasteiger partial charge is 0.493 e. The number of nitrogens with zero attached hydrogens (tertiary/aromatic N) is 1. The average Bonchev–Trinajstić information content (AvgIpc) is 2.41. The molecule has 0 aromatic heterocycles. The second-order valence-electron chi connectivity index (χ2n) is 5.82. The average molecular weight is 275 g/mol. The van der Waals surface area contributed by atoms with Crippen LogP contribution in [0, 0.1) is 6.92 Å². The highest BCUT2D eigenvalue weighted by atomic mass is 16.5. The van der Waals surface area contributed by atoms with Gasteiger partial charge in [0.1, 0.15) is 5.75 Å². The van der Waals surface area contributed by atoms with Crippen LogP contribution in [0.3, 0.4) is 0 Å². The lowest BCUT2D eigenvalue weighted by atomic mass is 10.0. The van der Waals surface area contributed by atoms with Gasteiger partial charge in [0.2, 0.25) is 0 Å². The number of ether oxygens (including phenoxy) is 1. The van der Waals surface area contributed by atoms with Gasteiger partial charge in [-0.2, -0.15) is 0 Å². The summed E-state index contributed by atoms with van der Waals surface area (Å²) in [4.78, 5) is 14.0. The van der Waals surface area contributed by atoms with E-state index >= 15 is 0 Å². The lowest BCUT2D eigenvalue weighted by Crippen LogP contribution is -2.37. The number of aryl methyl sites for hydroxylation is 1. The predicted molar refractivity (Wildman–Crippen MR) is 81.6 cm³/mol. The maximum Gasteiger partial charge on any atom is 0.163 e. The molecule has 1 saturated heterocycles. The number of piperidine rings is 1. The van der Waals surface area contributed by atoms with Crippen LogP contribution in [0.4, 0.5) is 0 Å². The first kappa shape index (κ1) is 15.0. The van der Waals surface area contributed by atoms with Gasteiger partial charge in [-0.1, -0.05) is 12.5 Å². The third kappa shape index (κ3) is 3.83. The summed E-state index contributed by atoms with van der Waals surface area (Å²) in [6.07, 6.45) is 4.91. The Morgan fingerprint density at radius 2 is 2.20 bits per heavy atom. The number of hydrogen-bond acceptors (Lipinski definition) is 3. The van der Waals surface area contributed by atoms with E-state index in [1.54, 1.807) is 6.92 Å². The van der Waals surface area contributed by atoms with E-state index in [1.165, 1.54) is 25.8 Å². The highest BCUT2D eigenvalue weighted by Crippen LogP contribution is 2.22. The molecule has 3 heteroatoms. The van der Waals surface area contributed by atoms with Crippen LogP contribution in [0.15, 0.2) is 18.2 Å². The monoisotopic (exact) mass is 275 g/mol. The zero-order chi connectivity index (χ0) is 14.5. The van der Waals surface area contributed by atoms with E-state index in [4.69, 9.17) is 4.74 Å². The van der Waals surface area contributed by atoms with Gasteiger partial charge in [-0.15, -0.1) is 0 Å². The number of hydrogen-bond donors (Lipinski definition) is 0. The highest BCUT2D eigenvalue weighted by Gasteiger charge is 2.18. The molecule has 1 unspecified atom stereocenters. The molecule has 0 amide bonds. The number of Topliss-reactive ketones (excluding diaryl/α,β-unsaturated/α-hetero) is 1. The first-order chi connectivity index (χ1) is 9.58. The van der Waals surface area contributed by atoms with E-state index in [-0.39, 0.29) is 5.78 Å². The molecule has 1 atom stereocenters. The van der Waals surface area contributed by atoms with Crippen LogP contribution in [-0.2, 0) is 0 Å². The van der Waals surface area contributed by atoms with E-state index < -0.39 is 0 Å². The zero-order valence-electron chi connectivity index (χ0n) is 12.8. The van der Waals surface area contributed by atoms with Crippen molar-refractivity contribution in [2.45, 2.75) is 45.6 Å². The summed E-state index contributed by atoms with van der Waals surface area (Å²) < 4.78 is 5.88. The molecular formula is C17H25NO2. The Hall–Kier alpha value is -1.35.